The molecule has 0 unspecified atom stereocenters. The highest BCUT2D eigenvalue weighted by Crippen LogP contribution is 2.64. The molecule has 0 spiro atoms. The number of ether oxygens (including phenoxy) is 1. The normalized spacial score (nSPS) is 36.4. The molecule has 0 aliphatic heterocycles. The molecule has 4 fully saturated rings. The average molecular weight is 348 g/mol. The van der Waals surface area contributed by atoms with Crippen molar-refractivity contribution < 1.29 is 14.3 Å². The van der Waals surface area contributed by atoms with Gasteiger partial charge >= 0.3 is 5.97 Å². The van der Waals surface area contributed by atoms with Crippen molar-refractivity contribution in [3.8, 4) is 0 Å². The average Bonchev–Trinajstić information content (AvgIpc) is 2.51. The van der Waals surface area contributed by atoms with Gasteiger partial charge in [0.05, 0.1) is 5.41 Å². The number of para-hydroxylation sites is 1. The van der Waals surface area contributed by atoms with Crippen LogP contribution in [0.25, 0.3) is 0 Å². The number of amides is 1. The molecule has 0 aromatic heterocycles. The lowest BCUT2D eigenvalue weighted by atomic mass is 9.49. The number of hydrogen-bond acceptors (Lipinski definition) is 3. The SMILES string of the molecule is O=C(COC(=O)C12C[C@H]3C[C@@H](CC(Cl)(C3)C1)C2)Nc1ccccc1. The second kappa shape index (κ2) is 5.76. The first kappa shape index (κ1) is 15.9. The van der Waals surface area contributed by atoms with Gasteiger partial charge in [-0.2, -0.15) is 0 Å². The minimum atomic E-state index is -0.459. The molecular weight excluding hydrogens is 326 g/mol. The third kappa shape index (κ3) is 2.92. The fourth-order valence-corrected chi connectivity index (χ4v) is 6.08. The number of carbonyl (C=O) groups is 2. The van der Waals surface area contributed by atoms with E-state index in [1.165, 1.54) is 6.42 Å². The minimum absolute atomic E-state index is 0.227. The Morgan fingerprint density at radius 1 is 1.12 bits per heavy atom. The van der Waals surface area contributed by atoms with Gasteiger partial charge in [0.1, 0.15) is 0 Å². The summed E-state index contributed by atoms with van der Waals surface area (Å²) in [7, 11) is 0. The van der Waals surface area contributed by atoms with E-state index in [1.54, 1.807) is 12.1 Å². The maximum atomic E-state index is 12.7. The van der Waals surface area contributed by atoms with Gasteiger partial charge in [0.2, 0.25) is 0 Å². The molecule has 4 nitrogen and oxygen atoms in total. The quantitative estimate of drug-likeness (QED) is 0.666. The number of alkyl halides is 1. The number of anilines is 1. The zero-order valence-electron chi connectivity index (χ0n) is 13.6. The smallest absolute Gasteiger partial charge is 0.312 e. The van der Waals surface area contributed by atoms with Gasteiger partial charge in [-0.3, -0.25) is 9.59 Å². The first-order valence-corrected chi connectivity index (χ1v) is 9.05. The maximum absolute atomic E-state index is 12.7. The number of esters is 1. The molecule has 2 atom stereocenters. The third-order valence-corrected chi connectivity index (χ3v) is 6.26. The highest BCUT2D eigenvalue weighted by Gasteiger charge is 2.60. The molecular formula is C19H22ClNO3. The zero-order chi connectivity index (χ0) is 16.8. The molecule has 4 saturated carbocycles. The lowest BCUT2D eigenvalue weighted by Crippen LogP contribution is -2.56. The molecule has 4 bridgehead atoms. The Kier molecular flexibility index (Phi) is 3.83. The van der Waals surface area contributed by atoms with E-state index in [2.05, 4.69) is 5.32 Å². The van der Waals surface area contributed by atoms with Crippen molar-refractivity contribution >= 4 is 29.2 Å². The summed E-state index contributed by atoms with van der Waals surface area (Å²) < 4.78 is 5.40. The summed E-state index contributed by atoms with van der Waals surface area (Å²) in [5.74, 6) is 0.536. The molecule has 1 aromatic carbocycles. The highest BCUT2D eigenvalue weighted by molar-refractivity contribution is 6.24. The van der Waals surface area contributed by atoms with Crippen molar-refractivity contribution in [2.75, 3.05) is 11.9 Å². The number of nitrogens with one attached hydrogen (secondary N) is 1. The molecule has 1 aromatic rings. The molecule has 1 N–H and O–H groups in total. The summed E-state index contributed by atoms with van der Waals surface area (Å²) in [5, 5.41) is 2.74. The second-order valence-electron chi connectivity index (χ2n) is 7.88. The number of rotatable bonds is 4. The van der Waals surface area contributed by atoms with E-state index in [-0.39, 0.29) is 23.4 Å². The predicted octanol–water partition coefficient (Wildman–Crippen LogP) is 3.75. The Morgan fingerprint density at radius 3 is 2.42 bits per heavy atom. The van der Waals surface area contributed by atoms with Crippen LogP contribution in [0.1, 0.15) is 38.5 Å². The van der Waals surface area contributed by atoms with Gasteiger partial charge in [0, 0.05) is 10.6 Å². The van der Waals surface area contributed by atoms with Gasteiger partial charge in [0.15, 0.2) is 6.61 Å². The Balaban J connectivity index is 1.37. The molecule has 128 valence electrons. The van der Waals surface area contributed by atoms with Crippen molar-refractivity contribution in [1.29, 1.82) is 0 Å². The molecule has 0 heterocycles. The maximum Gasteiger partial charge on any atom is 0.312 e. The van der Waals surface area contributed by atoms with E-state index >= 15 is 0 Å². The van der Waals surface area contributed by atoms with Crippen LogP contribution in [0.4, 0.5) is 5.69 Å². The van der Waals surface area contributed by atoms with Crippen LogP contribution in [0.5, 0.6) is 0 Å². The van der Waals surface area contributed by atoms with E-state index in [0.717, 1.165) is 25.7 Å². The first-order valence-electron chi connectivity index (χ1n) is 8.68. The number of benzene rings is 1. The molecule has 0 radical (unpaired) electrons. The van der Waals surface area contributed by atoms with Crippen LogP contribution in [0.3, 0.4) is 0 Å². The summed E-state index contributed by atoms with van der Waals surface area (Å²) in [6, 6.07) is 9.17. The fourth-order valence-electron chi connectivity index (χ4n) is 5.39. The summed E-state index contributed by atoms with van der Waals surface area (Å²) in [5.41, 5.74) is 0.242. The standard InChI is InChI=1S/C19H22ClNO3/c20-19-9-13-6-14(10-19)8-18(7-13,12-19)17(23)24-11-16(22)21-15-4-2-1-3-5-15/h1-5,13-14H,6-12H2,(H,21,22)/t13-,14-,18?,19?/m1/s1. The van der Waals surface area contributed by atoms with E-state index in [0.29, 0.717) is 23.9 Å². The summed E-state index contributed by atoms with van der Waals surface area (Å²) in [4.78, 5) is 24.5. The Morgan fingerprint density at radius 2 is 1.79 bits per heavy atom. The molecule has 1 amide bonds. The number of hydrogen-bond donors (Lipinski definition) is 1. The number of halogens is 1. The summed E-state index contributed by atoms with van der Waals surface area (Å²) in [6.07, 6.45) is 5.68. The summed E-state index contributed by atoms with van der Waals surface area (Å²) in [6.45, 7) is -0.236. The topological polar surface area (TPSA) is 55.4 Å². The van der Waals surface area contributed by atoms with E-state index in [9.17, 15) is 9.59 Å². The van der Waals surface area contributed by atoms with Crippen molar-refractivity contribution in [1.82, 2.24) is 0 Å². The van der Waals surface area contributed by atoms with Crippen molar-refractivity contribution in [3.63, 3.8) is 0 Å². The lowest BCUT2D eigenvalue weighted by Gasteiger charge is -2.58. The van der Waals surface area contributed by atoms with Crippen LogP contribution in [-0.4, -0.2) is 23.4 Å². The highest BCUT2D eigenvalue weighted by atomic mass is 35.5. The van der Waals surface area contributed by atoms with Crippen LogP contribution in [0, 0.1) is 17.3 Å². The lowest BCUT2D eigenvalue weighted by molar-refractivity contribution is -0.171. The molecule has 5 rings (SSSR count). The van der Waals surface area contributed by atoms with Crippen molar-refractivity contribution in [2.24, 2.45) is 17.3 Å². The van der Waals surface area contributed by atoms with E-state index < -0.39 is 5.41 Å². The molecule has 24 heavy (non-hydrogen) atoms. The Hall–Kier alpha value is -1.55. The van der Waals surface area contributed by atoms with Crippen molar-refractivity contribution in [2.45, 2.75) is 43.4 Å². The van der Waals surface area contributed by atoms with Crippen molar-refractivity contribution in [3.05, 3.63) is 30.3 Å². The van der Waals surface area contributed by atoms with Crippen LogP contribution in [0.2, 0.25) is 0 Å². The van der Waals surface area contributed by atoms with Gasteiger partial charge in [-0.15, -0.1) is 11.6 Å². The van der Waals surface area contributed by atoms with E-state index in [1.807, 2.05) is 18.2 Å². The molecule has 4 aliphatic rings. The Labute approximate surface area is 146 Å². The van der Waals surface area contributed by atoms with Gasteiger partial charge in [-0.25, -0.2) is 0 Å². The monoisotopic (exact) mass is 347 g/mol. The Bertz CT molecular complexity index is 646. The second-order valence-corrected chi connectivity index (χ2v) is 8.68. The number of carbonyl (C=O) groups excluding carboxylic acids is 2. The van der Waals surface area contributed by atoms with Crippen LogP contribution in [-0.2, 0) is 14.3 Å². The third-order valence-electron chi connectivity index (χ3n) is 5.81. The van der Waals surface area contributed by atoms with Crippen LogP contribution >= 0.6 is 11.6 Å². The zero-order valence-corrected chi connectivity index (χ0v) is 14.3. The fraction of sp³-hybridized carbons (Fsp3) is 0.579. The summed E-state index contributed by atoms with van der Waals surface area (Å²) >= 11 is 6.75. The first-order chi connectivity index (χ1) is 11.5. The molecule has 4 aliphatic carbocycles. The van der Waals surface area contributed by atoms with Crippen LogP contribution < -0.4 is 5.32 Å². The predicted molar refractivity (Wildman–Crippen MR) is 91.7 cm³/mol. The van der Waals surface area contributed by atoms with Gasteiger partial charge in [-0.05, 0) is 62.5 Å². The van der Waals surface area contributed by atoms with Gasteiger partial charge in [0.25, 0.3) is 5.91 Å². The van der Waals surface area contributed by atoms with Gasteiger partial charge in [-0.1, -0.05) is 18.2 Å². The minimum Gasteiger partial charge on any atom is -0.455 e. The van der Waals surface area contributed by atoms with Crippen LogP contribution in [0.15, 0.2) is 30.3 Å². The largest absolute Gasteiger partial charge is 0.455 e. The molecule has 0 saturated heterocycles. The van der Waals surface area contributed by atoms with E-state index in [4.69, 9.17) is 16.3 Å². The van der Waals surface area contributed by atoms with Gasteiger partial charge < -0.3 is 10.1 Å². The molecule has 5 heteroatoms.